The van der Waals surface area contributed by atoms with E-state index >= 15 is 0 Å². The molecule has 1 saturated heterocycles. The van der Waals surface area contributed by atoms with Crippen molar-refractivity contribution >= 4 is 24.0 Å². The van der Waals surface area contributed by atoms with Gasteiger partial charge in [-0.1, -0.05) is 5.16 Å². The fourth-order valence-corrected chi connectivity index (χ4v) is 6.50. The van der Waals surface area contributed by atoms with Crippen LogP contribution in [0.25, 0.3) is 11.1 Å². The molecule has 0 N–H and O–H groups in total. The molecule has 0 spiro atoms. The summed E-state index contributed by atoms with van der Waals surface area (Å²) in [6.07, 6.45) is 8.38. The minimum atomic E-state index is -0.249. The SMILES string of the molecule is COc1cc2c(cc1OCCCCCOc1cc(C3CC=NO3)cc(-c3ccc(OC)c(OC)c3OC)c1OC)N=C[C@@H]1CCCN1C2=O. The van der Waals surface area contributed by atoms with Crippen LogP contribution in [0.4, 0.5) is 5.69 Å². The van der Waals surface area contributed by atoms with Crippen molar-refractivity contribution in [2.75, 3.05) is 55.3 Å². The van der Waals surface area contributed by atoms with Crippen molar-refractivity contribution < 1.29 is 42.8 Å². The molecule has 3 heterocycles. The molecule has 3 aliphatic rings. The van der Waals surface area contributed by atoms with Crippen LogP contribution in [0.15, 0.2) is 46.5 Å². The van der Waals surface area contributed by atoms with Crippen LogP contribution in [0.1, 0.15) is 60.6 Å². The van der Waals surface area contributed by atoms with Crippen molar-refractivity contribution in [2.45, 2.75) is 50.7 Å². The molecule has 3 aliphatic heterocycles. The molecule has 12 nitrogen and oxygen atoms in total. The lowest BCUT2D eigenvalue weighted by Gasteiger charge is -2.21. The van der Waals surface area contributed by atoms with E-state index in [9.17, 15) is 4.79 Å². The van der Waals surface area contributed by atoms with Gasteiger partial charge in [-0.2, -0.15) is 0 Å². The van der Waals surface area contributed by atoms with Crippen molar-refractivity contribution in [3.05, 3.63) is 47.5 Å². The Labute approximate surface area is 286 Å². The van der Waals surface area contributed by atoms with Crippen LogP contribution in [0.5, 0.6) is 40.2 Å². The van der Waals surface area contributed by atoms with Crippen LogP contribution in [-0.2, 0) is 4.84 Å². The summed E-state index contributed by atoms with van der Waals surface area (Å²) in [5.41, 5.74) is 3.57. The first-order chi connectivity index (χ1) is 24.0. The zero-order chi connectivity index (χ0) is 34.3. The molecule has 3 aromatic carbocycles. The van der Waals surface area contributed by atoms with Gasteiger partial charge in [-0.15, -0.1) is 0 Å². The first-order valence-electron chi connectivity index (χ1n) is 16.5. The van der Waals surface area contributed by atoms with Gasteiger partial charge in [-0.25, -0.2) is 0 Å². The summed E-state index contributed by atoms with van der Waals surface area (Å²) in [4.78, 5) is 25.3. The quantitative estimate of drug-likeness (QED) is 0.161. The number of ether oxygens (including phenoxy) is 7. The largest absolute Gasteiger partial charge is 0.493 e. The molecular weight excluding hydrogens is 630 g/mol. The molecule has 3 aromatic rings. The predicted molar refractivity (Wildman–Crippen MR) is 185 cm³/mol. The Hall–Kier alpha value is -5.13. The van der Waals surface area contributed by atoms with Crippen LogP contribution in [-0.4, -0.2) is 84.6 Å². The van der Waals surface area contributed by atoms with Gasteiger partial charge in [-0.05, 0) is 68.0 Å². The Kier molecular flexibility index (Phi) is 10.6. The molecule has 2 atom stereocenters. The lowest BCUT2D eigenvalue weighted by Crippen LogP contribution is -2.35. The topological polar surface area (TPSA) is 119 Å². The molecule has 260 valence electrons. The van der Waals surface area contributed by atoms with Crippen molar-refractivity contribution in [3.8, 4) is 51.4 Å². The van der Waals surface area contributed by atoms with Crippen molar-refractivity contribution in [1.82, 2.24) is 4.90 Å². The Balaban J connectivity index is 1.12. The summed E-state index contributed by atoms with van der Waals surface area (Å²) < 4.78 is 40.9. The maximum atomic E-state index is 13.2. The minimum Gasteiger partial charge on any atom is -0.493 e. The molecule has 0 aliphatic carbocycles. The lowest BCUT2D eigenvalue weighted by molar-refractivity contribution is 0.0774. The van der Waals surface area contributed by atoms with E-state index in [0.29, 0.717) is 71.1 Å². The Morgan fingerprint density at radius 1 is 0.755 bits per heavy atom. The van der Waals surface area contributed by atoms with Gasteiger partial charge in [0.05, 0.1) is 66.1 Å². The van der Waals surface area contributed by atoms with Crippen LogP contribution < -0.4 is 33.2 Å². The van der Waals surface area contributed by atoms with Gasteiger partial charge in [0.1, 0.15) is 0 Å². The Morgan fingerprint density at radius 2 is 1.51 bits per heavy atom. The molecule has 0 bridgehead atoms. The first kappa shape index (κ1) is 33.8. The number of aliphatic imine (C=N–C) groups is 1. The summed E-state index contributed by atoms with van der Waals surface area (Å²) in [5, 5.41) is 3.98. The fourth-order valence-electron chi connectivity index (χ4n) is 6.50. The van der Waals surface area contributed by atoms with Crippen molar-refractivity contribution in [1.29, 1.82) is 0 Å². The highest BCUT2D eigenvalue weighted by molar-refractivity contribution is 6.03. The van der Waals surface area contributed by atoms with Gasteiger partial charge >= 0.3 is 0 Å². The van der Waals surface area contributed by atoms with E-state index in [4.69, 9.17) is 38.0 Å². The van der Waals surface area contributed by atoms with Gasteiger partial charge in [-0.3, -0.25) is 9.79 Å². The number of oxime groups is 1. The number of carbonyl (C=O) groups excluding carboxylic acids is 1. The van der Waals surface area contributed by atoms with Gasteiger partial charge < -0.3 is 42.9 Å². The van der Waals surface area contributed by atoms with Gasteiger partial charge in [0.15, 0.2) is 40.6 Å². The first-order valence-corrected chi connectivity index (χ1v) is 16.5. The zero-order valence-electron chi connectivity index (χ0n) is 28.7. The maximum Gasteiger partial charge on any atom is 0.256 e. The number of unbranched alkanes of at least 4 members (excludes halogenated alkanes) is 2. The van der Waals surface area contributed by atoms with Crippen LogP contribution in [0.2, 0.25) is 0 Å². The molecule has 6 rings (SSSR count). The number of benzene rings is 3. The van der Waals surface area contributed by atoms with Crippen LogP contribution in [0.3, 0.4) is 0 Å². The van der Waals surface area contributed by atoms with E-state index in [1.165, 1.54) is 0 Å². The molecule has 0 saturated carbocycles. The number of fused-ring (bicyclic) bond motifs is 2. The summed E-state index contributed by atoms with van der Waals surface area (Å²) in [6, 6.07) is 11.3. The highest BCUT2D eigenvalue weighted by atomic mass is 16.6. The van der Waals surface area contributed by atoms with E-state index in [1.807, 2.05) is 35.4 Å². The second-order valence-electron chi connectivity index (χ2n) is 11.9. The summed E-state index contributed by atoms with van der Waals surface area (Å²) in [7, 11) is 7.94. The predicted octanol–water partition coefficient (Wildman–Crippen LogP) is 6.79. The molecule has 1 unspecified atom stereocenters. The summed E-state index contributed by atoms with van der Waals surface area (Å²) >= 11 is 0. The second-order valence-corrected chi connectivity index (χ2v) is 11.9. The molecule has 0 aromatic heterocycles. The normalized spacial score (nSPS) is 17.6. The molecular formula is C37H43N3O9. The average Bonchev–Trinajstić information content (AvgIpc) is 3.83. The highest BCUT2D eigenvalue weighted by Gasteiger charge is 2.32. The fraction of sp³-hybridized carbons (Fsp3) is 0.432. The number of carbonyl (C=O) groups is 1. The number of nitrogens with zero attached hydrogens (tertiary/aromatic N) is 3. The van der Waals surface area contributed by atoms with Gasteiger partial charge in [0.25, 0.3) is 5.91 Å². The number of hydrogen-bond acceptors (Lipinski definition) is 11. The third kappa shape index (κ3) is 6.90. The average molecular weight is 674 g/mol. The molecule has 1 fully saturated rings. The molecule has 49 heavy (non-hydrogen) atoms. The highest BCUT2D eigenvalue weighted by Crippen LogP contribution is 2.50. The lowest BCUT2D eigenvalue weighted by atomic mass is 9.96. The Morgan fingerprint density at radius 3 is 2.20 bits per heavy atom. The van der Waals surface area contributed by atoms with Gasteiger partial charge in [0.2, 0.25) is 5.75 Å². The van der Waals surface area contributed by atoms with Crippen molar-refractivity contribution in [2.24, 2.45) is 10.1 Å². The van der Waals surface area contributed by atoms with E-state index in [2.05, 4.69) is 10.1 Å². The van der Waals surface area contributed by atoms with Crippen LogP contribution in [0, 0.1) is 0 Å². The van der Waals surface area contributed by atoms with E-state index in [1.54, 1.807) is 53.9 Å². The van der Waals surface area contributed by atoms with E-state index in [0.717, 1.165) is 55.3 Å². The molecule has 0 radical (unpaired) electrons. The Bertz CT molecular complexity index is 1720. The maximum absolute atomic E-state index is 13.2. The standard InChI is InChI=1S/C37H43N3O9/c1-42-30-12-11-25(35(45-4)36(30)46-5)26-18-23(29-13-14-39-49-29)19-33(34(26)44-3)48-17-8-6-7-16-47-32-21-28-27(20-31(32)43-2)37(41)40-15-9-10-24(40)22-38-28/h11-12,14,18-22,24,29H,6-10,13,15-17H2,1-5H3/t24-,29?/m0/s1. The monoisotopic (exact) mass is 673 g/mol. The van der Waals surface area contributed by atoms with Gasteiger partial charge in [0, 0.05) is 42.6 Å². The third-order valence-electron chi connectivity index (χ3n) is 8.99. The van der Waals surface area contributed by atoms with Crippen LogP contribution >= 0.6 is 0 Å². The smallest absolute Gasteiger partial charge is 0.256 e. The number of hydrogen-bond donors (Lipinski definition) is 0. The van der Waals surface area contributed by atoms with Crippen molar-refractivity contribution in [3.63, 3.8) is 0 Å². The number of methoxy groups -OCH3 is 5. The molecule has 1 amide bonds. The number of amides is 1. The minimum absolute atomic E-state index is 0.0129. The summed E-state index contributed by atoms with van der Waals surface area (Å²) in [6.45, 7) is 1.68. The van der Waals surface area contributed by atoms with E-state index in [-0.39, 0.29) is 18.1 Å². The van der Waals surface area contributed by atoms with E-state index < -0.39 is 0 Å². The number of rotatable bonds is 15. The summed E-state index contributed by atoms with van der Waals surface area (Å²) in [5.74, 6) is 3.77. The molecule has 12 heteroatoms. The zero-order valence-corrected chi connectivity index (χ0v) is 28.7. The third-order valence-corrected chi connectivity index (χ3v) is 8.99. The second kappa shape index (κ2) is 15.4.